The minimum Gasteiger partial charge on any atom is -0.464 e. The summed E-state index contributed by atoms with van der Waals surface area (Å²) < 4.78 is 18.9. The summed E-state index contributed by atoms with van der Waals surface area (Å²) in [5.41, 5.74) is 0.735. The highest BCUT2D eigenvalue weighted by atomic mass is 19.1. The molecule has 0 aliphatic heterocycles. The molecule has 0 radical (unpaired) electrons. The zero-order valence-corrected chi connectivity index (χ0v) is 11.6. The predicted octanol–water partition coefficient (Wildman–Crippen LogP) is 2.98. The topological polar surface area (TPSA) is 74.5 Å². The van der Waals surface area contributed by atoms with E-state index in [4.69, 9.17) is 9.52 Å². The summed E-state index contributed by atoms with van der Waals surface area (Å²) in [5, 5.41) is 14.1. The summed E-state index contributed by atoms with van der Waals surface area (Å²) in [6.45, 7) is 1.94. The van der Waals surface area contributed by atoms with Gasteiger partial charge in [-0.3, -0.25) is 0 Å². The minimum absolute atomic E-state index is 0.0680. The molecule has 2 rings (SSSR count). The number of hydrogen-bond donors (Lipinski definition) is 3. The van der Waals surface area contributed by atoms with Gasteiger partial charge in [-0.25, -0.2) is 9.18 Å². The molecule has 0 bridgehead atoms. The molecule has 3 N–H and O–H groups in total. The van der Waals surface area contributed by atoms with Crippen LogP contribution in [0.3, 0.4) is 0 Å². The molecule has 0 saturated heterocycles. The Morgan fingerprint density at radius 1 is 1.43 bits per heavy atom. The number of benzene rings is 1. The number of furan rings is 1. The molecule has 0 spiro atoms. The highest BCUT2D eigenvalue weighted by Crippen LogP contribution is 2.25. The molecule has 1 aromatic heterocycles. The van der Waals surface area contributed by atoms with Crippen molar-refractivity contribution in [3.8, 4) is 11.3 Å². The van der Waals surface area contributed by atoms with Gasteiger partial charge in [0.2, 0.25) is 0 Å². The molecule has 0 saturated carbocycles. The van der Waals surface area contributed by atoms with Gasteiger partial charge in [-0.1, -0.05) is 0 Å². The Balaban J connectivity index is 2.02. The molecule has 1 aromatic carbocycles. The smallest absolute Gasteiger partial charge is 0.319 e. The van der Waals surface area contributed by atoms with Crippen LogP contribution < -0.4 is 10.6 Å². The molecule has 2 aromatic rings. The first-order valence-electron chi connectivity index (χ1n) is 6.62. The zero-order valence-electron chi connectivity index (χ0n) is 11.6. The number of halogens is 1. The Bertz CT molecular complexity index is 597. The van der Waals surface area contributed by atoms with Crippen LogP contribution in [0.5, 0.6) is 0 Å². The van der Waals surface area contributed by atoms with E-state index in [-0.39, 0.29) is 5.69 Å². The highest BCUT2D eigenvalue weighted by molar-refractivity contribution is 5.90. The molecule has 112 valence electrons. The Labute approximate surface area is 121 Å². The maximum absolute atomic E-state index is 13.7. The second-order valence-electron chi connectivity index (χ2n) is 4.69. The molecule has 5 nitrogen and oxygen atoms in total. The second-order valence-corrected chi connectivity index (χ2v) is 4.69. The van der Waals surface area contributed by atoms with Crippen molar-refractivity contribution in [2.45, 2.75) is 19.4 Å². The van der Waals surface area contributed by atoms with E-state index in [1.807, 2.05) is 0 Å². The number of carbonyl (C=O) groups is 1. The third kappa shape index (κ3) is 4.32. The van der Waals surface area contributed by atoms with Crippen molar-refractivity contribution in [1.29, 1.82) is 0 Å². The second kappa shape index (κ2) is 6.90. The van der Waals surface area contributed by atoms with Crippen LogP contribution in [-0.4, -0.2) is 23.8 Å². The van der Waals surface area contributed by atoms with E-state index in [2.05, 4.69) is 10.6 Å². The summed E-state index contributed by atoms with van der Waals surface area (Å²) in [5.74, 6) is 0.0588. The van der Waals surface area contributed by atoms with Gasteiger partial charge in [0.25, 0.3) is 0 Å². The summed E-state index contributed by atoms with van der Waals surface area (Å²) in [6, 6.07) is 7.30. The zero-order chi connectivity index (χ0) is 15.2. The molecular weight excluding hydrogens is 275 g/mol. The number of hydrogen-bond acceptors (Lipinski definition) is 3. The lowest BCUT2D eigenvalue weighted by molar-refractivity contribution is 0.184. The van der Waals surface area contributed by atoms with Gasteiger partial charge in [0.1, 0.15) is 11.6 Å². The first-order valence-corrected chi connectivity index (χ1v) is 6.62. The Morgan fingerprint density at radius 3 is 2.90 bits per heavy atom. The first kappa shape index (κ1) is 15.1. The van der Waals surface area contributed by atoms with E-state index in [1.165, 1.54) is 18.4 Å². The van der Waals surface area contributed by atoms with E-state index in [1.54, 1.807) is 25.1 Å². The predicted molar refractivity (Wildman–Crippen MR) is 77.4 cm³/mol. The fourth-order valence-electron chi connectivity index (χ4n) is 1.78. The third-order valence-corrected chi connectivity index (χ3v) is 2.87. The lowest BCUT2D eigenvalue weighted by Gasteiger charge is -2.10. The molecule has 0 aliphatic rings. The molecule has 0 fully saturated rings. The van der Waals surface area contributed by atoms with Crippen LogP contribution >= 0.6 is 0 Å². The van der Waals surface area contributed by atoms with Crippen LogP contribution in [-0.2, 0) is 0 Å². The van der Waals surface area contributed by atoms with Gasteiger partial charge in [0.05, 0.1) is 18.1 Å². The maximum atomic E-state index is 13.7. The number of rotatable bonds is 5. The van der Waals surface area contributed by atoms with Crippen molar-refractivity contribution in [1.82, 2.24) is 5.32 Å². The summed E-state index contributed by atoms with van der Waals surface area (Å²) >= 11 is 0. The monoisotopic (exact) mass is 292 g/mol. The average molecular weight is 292 g/mol. The summed E-state index contributed by atoms with van der Waals surface area (Å²) in [4.78, 5) is 11.7. The number of amides is 2. The van der Waals surface area contributed by atoms with E-state index < -0.39 is 18.0 Å². The molecule has 2 amide bonds. The normalized spacial score (nSPS) is 12.0. The molecule has 0 aliphatic carbocycles. The van der Waals surface area contributed by atoms with Crippen molar-refractivity contribution in [3.63, 3.8) is 0 Å². The average Bonchev–Trinajstić information content (AvgIpc) is 2.95. The van der Waals surface area contributed by atoms with Gasteiger partial charge >= 0.3 is 6.03 Å². The molecule has 21 heavy (non-hydrogen) atoms. The van der Waals surface area contributed by atoms with Crippen LogP contribution in [0.2, 0.25) is 0 Å². The molecule has 1 atom stereocenters. The van der Waals surface area contributed by atoms with Gasteiger partial charge in [-0.05, 0) is 43.7 Å². The number of urea groups is 1. The van der Waals surface area contributed by atoms with Crippen molar-refractivity contribution >= 4 is 11.7 Å². The van der Waals surface area contributed by atoms with Crippen molar-refractivity contribution in [2.24, 2.45) is 0 Å². The molecule has 6 heteroatoms. The summed E-state index contributed by atoms with van der Waals surface area (Å²) in [7, 11) is 0. The number of anilines is 1. The molecule has 1 heterocycles. The lowest BCUT2D eigenvalue weighted by Crippen LogP contribution is -2.31. The third-order valence-electron chi connectivity index (χ3n) is 2.87. The van der Waals surface area contributed by atoms with Crippen molar-refractivity contribution in [3.05, 3.63) is 42.4 Å². The van der Waals surface area contributed by atoms with Gasteiger partial charge < -0.3 is 20.2 Å². The van der Waals surface area contributed by atoms with Gasteiger partial charge in [-0.2, -0.15) is 0 Å². The van der Waals surface area contributed by atoms with Crippen LogP contribution in [0.1, 0.15) is 13.3 Å². The number of aliphatic hydroxyl groups is 1. The standard InChI is InChI=1S/C15H17FN2O3/c1-10(19)6-7-17-15(20)18-13-9-11(4-5-12(13)16)14-3-2-8-21-14/h2-5,8-10,19H,6-7H2,1H3,(H2,17,18,20). The SMILES string of the molecule is CC(O)CCNC(=O)Nc1cc(-c2ccco2)ccc1F. The van der Waals surface area contributed by atoms with Gasteiger partial charge in [0, 0.05) is 12.1 Å². The van der Waals surface area contributed by atoms with Gasteiger partial charge in [-0.15, -0.1) is 0 Å². The number of nitrogens with one attached hydrogen (secondary N) is 2. The number of aliphatic hydroxyl groups excluding tert-OH is 1. The first-order chi connectivity index (χ1) is 10.1. The van der Waals surface area contributed by atoms with E-state index in [0.717, 1.165) is 0 Å². The van der Waals surface area contributed by atoms with Crippen LogP contribution in [0.4, 0.5) is 14.9 Å². The Morgan fingerprint density at radius 2 is 2.24 bits per heavy atom. The fourth-order valence-corrected chi connectivity index (χ4v) is 1.78. The number of carbonyl (C=O) groups excluding carboxylic acids is 1. The van der Waals surface area contributed by atoms with Crippen LogP contribution in [0, 0.1) is 5.82 Å². The van der Waals surface area contributed by atoms with Gasteiger partial charge in [0.15, 0.2) is 0 Å². The lowest BCUT2D eigenvalue weighted by atomic mass is 10.1. The Kier molecular flexibility index (Phi) is 4.94. The van der Waals surface area contributed by atoms with Crippen LogP contribution in [0.15, 0.2) is 41.0 Å². The maximum Gasteiger partial charge on any atom is 0.319 e. The summed E-state index contributed by atoms with van der Waals surface area (Å²) in [6.07, 6.45) is 1.46. The molecule has 1 unspecified atom stereocenters. The van der Waals surface area contributed by atoms with E-state index >= 15 is 0 Å². The quantitative estimate of drug-likeness (QED) is 0.793. The van der Waals surface area contributed by atoms with E-state index in [0.29, 0.717) is 24.3 Å². The fraction of sp³-hybridized carbons (Fsp3) is 0.267. The van der Waals surface area contributed by atoms with E-state index in [9.17, 15) is 9.18 Å². The largest absolute Gasteiger partial charge is 0.464 e. The Hall–Kier alpha value is -2.34. The minimum atomic E-state index is -0.531. The van der Waals surface area contributed by atoms with Crippen molar-refractivity contribution in [2.75, 3.05) is 11.9 Å². The highest BCUT2D eigenvalue weighted by Gasteiger charge is 2.10. The van der Waals surface area contributed by atoms with Crippen LogP contribution in [0.25, 0.3) is 11.3 Å². The molecular formula is C15H17FN2O3. The van der Waals surface area contributed by atoms with Crippen molar-refractivity contribution < 1.29 is 18.7 Å².